The molecule has 1 aromatic heterocycles. The van der Waals surface area contributed by atoms with Crippen LogP contribution in [-0.4, -0.2) is 34.9 Å². The van der Waals surface area contributed by atoms with Crippen LogP contribution in [0.5, 0.6) is 0 Å². The van der Waals surface area contributed by atoms with Gasteiger partial charge in [0.2, 0.25) is 0 Å². The highest BCUT2D eigenvalue weighted by Gasteiger charge is 2.11. The van der Waals surface area contributed by atoms with E-state index < -0.39 is 0 Å². The van der Waals surface area contributed by atoms with Crippen molar-refractivity contribution in [2.24, 2.45) is 0 Å². The lowest BCUT2D eigenvalue weighted by Crippen LogP contribution is -2.21. The van der Waals surface area contributed by atoms with Crippen molar-refractivity contribution < 1.29 is 4.79 Å². The molecule has 4 heteroatoms. The molecule has 1 N–H and O–H groups in total. The molecule has 4 nitrogen and oxygen atoms in total. The molecule has 2 aromatic rings. The van der Waals surface area contributed by atoms with Gasteiger partial charge in [-0.1, -0.05) is 30.3 Å². The molecule has 0 bridgehead atoms. The normalized spacial score (nSPS) is 10.1. The quantitative estimate of drug-likeness (QED) is 0.830. The molecule has 1 aromatic carbocycles. The maximum atomic E-state index is 11.6. The first-order valence-electron chi connectivity index (χ1n) is 5.00. The zero-order chi connectivity index (χ0) is 11.5. The van der Waals surface area contributed by atoms with E-state index in [1.54, 1.807) is 20.3 Å². The van der Waals surface area contributed by atoms with Gasteiger partial charge >= 0.3 is 0 Å². The Morgan fingerprint density at radius 2 is 1.94 bits per heavy atom. The number of hydrogen-bond acceptors (Lipinski definition) is 2. The van der Waals surface area contributed by atoms with Crippen LogP contribution in [0.15, 0.2) is 36.5 Å². The van der Waals surface area contributed by atoms with Crippen molar-refractivity contribution in [1.82, 2.24) is 14.9 Å². The molecule has 0 atom stereocenters. The second-order valence-corrected chi connectivity index (χ2v) is 3.71. The summed E-state index contributed by atoms with van der Waals surface area (Å²) in [6.45, 7) is 0. The summed E-state index contributed by atoms with van der Waals surface area (Å²) in [7, 11) is 3.43. The van der Waals surface area contributed by atoms with Crippen LogP contribution in [0.3, 0.4) is 0 Å². The van der Waals surface area contributed by atoms with Gasteiger partial charge in [-0.3, -0.25) is 4.79 Å². The van der Waals surface area contributed by atoms with E-state index in [1.807, 2.05) is 30.3 Å². The summed E-state index contributed by atoms with van der Waals surface area (Å²) >= 11 is 0. The Kier molecular flexibility index (Phi) is 2.72. The zero-order valence-electron chi connectivity index (χ0n) is 9.27. The molecular formula is C12H13N3O. The SMILES string of the molecule is CN(C)C(=O)c1cnc(-c2ccccc2)[nH]1. The van der Waals surface area contributed by atoms with Crippen LogP contribution in [0.2, 0.25) is 0 Å². The molecule has 0 aliphatic heterocycles. The number of carbonyl (C=O) groups is 1. The first kappa shape index (κ1) is 10.4. The van der Waals surface area contributed by atoms with Gasteiger partial charge in [-0.05, 0) is 0 Å². The minimum Gasteiger partial charge on any atom is -0.343 e. The van der Waals surface area contributed by atoms with Gasteiger partial charge in [0, 0.05) is 19.7 Å². The van der Waals surface area contributed by atoms with Crippen molar-refractivity contribution >= 4 is 5.91 Å². The minimum absolute atomic E-state index is 0.0744. The van der Waals surface area contributed by atoms with E-state index in [-0.39, 0.29) is 5.91 Å². The van der Waals surface area contributed by atoms with E-state index in [0.717, 1.165) is 5.56 Å². The predicted octanol–water partition coefficient (Wildman–Crippen LogP) is 1.78. The van der Waals surface area contributed by atoms with E-state index in [0.29, 0.717) is 11.5 Å². The molecular weight excluding hydrogens is 202 g/mol. The first-order valence-corrected chi connectivity index (χ1v) is 5.00. The van der Waals surface area contributed by atoms with E-state index in [1.165, 1.54) is 4.90 Å². The molecule has 82 valence electrons. The number of rotatable bonds is 2. The molecule has 0 saturated carbocycles. The molecule has 0 unspecified atom stereocenters. The second kappa shape index (κ2) is 4.18. The Balaban J connectivity index is 2.30. The van der Waals surface area contributed by atoms with Crippen molar-refractivity contribution in [2.75, 3.05) is 14.1 Å². The Morgan fingerprint density at radius 1 is 1.25 bits per heavy atom. The largest absolute Gasteiger partial charge is 0.343 e. The van der Waals surface area contributed by atoms with Crippen molar-refractivity contribution in [3.05, 3.63) is 42.2 Å². The van der Waals surface area contributed by atoms with Crippen LogP contribution in [0.25, 0.3) is 11.4 Å². The molecule has 1 amide bonds. The lowest BCUT2D eigenvalue weighted by Gasteiger charge is -2.07. The van der Waals surface area contributed by atoms with Gasteiger partial charge < -0.3 is 9.88 Å². The van der Waals surface area contributed by atoms with Crippen LogP contribution in [0.4, 0.5) is 0 Å². The van der Waals surface area contributed by atoms with Gasteiger partial charge in [-0.15, -0.1) is 0 Å². The monoisotopic (exact) mass is 215 g/mol. The van der Waals surface area contributed by atoms with Crippen molar-refractivity contribution in [3.8, 4) is 11.4 Å². The molecule has 0 saturated heterocycles. The number of benzene rings is 1. The third-order valence-electron chi connectivity index (χ3n) is 2.26. The fraction of sp³-hybridized carbons (Fsp3) is 0.167. The molecule has 0 fully saturated rings. The number of aromatic amines is 1. The van der Waals surface area contributed by atoms with Gasteiger partial charge in [0.15, 0.2) is 0 Å². The number of H-pyrrole nitrogens is 1. The highest BCUT2D eigenvalue weighted by Crippen LogP contribution is 2.14. The van der Waals surface area contributed by atoms with Gasteiger partial charge in [-0.2, -0.15) is 0 Å². The number of amides is 1. The Hall–Kier alpha value is -2.10. The number of hydrogen-bond donors (Lipinski definition) is 1. The van der Waals surface area contributed by atoms with Crippen LogP contribution in [0.1, 0.15) is 10.5 Å². The number of imidazole rings is 1. The number of nitrogens with one attached hydrogen (secondary N) is 1. The lowest BCUT2D eigenvalue weighted by molar-refractivity contribution is 0.0822. The predicted molar refractivity (Wildman–Crippen MR) is 62.0 cm³/mol. The summed E-state index contributed by atoms with van der Waals surface area (Å²) < 4.78 is 0. The van der Waals surface area contributed by atoms with Gasteiger partial charge in [0.25, 0.3) is 5.91 Å². The average molecular weight is 215 g/mol. The smallest absolute Gasteiger partial charge is 0.271 e. The standard InChI is InChI=1S/C12H13N3O/c1-15(2)12(16)10-8-13-11(14-10)9-6-4-3-5-7-9/h3-8H,1-2H3,(H,13,14). The molecule has 0 spiro atoms. The van der Waals surface area contributed by atoms with Gasteiger partial charge in [0.1, 0.15) is 11.5 Å². The maximum Gasteiger partial charge on any atom is 0.271 e. The Morgan fingerprint density at radius 3 is 2.56 bits per heavy atom. The zero-order valence-corrected chi connectivity index (χ0v) is 9.27. The van der Waals surface area contributed by atoms with E-state index in [4.69, 9.17) is 0 Å². The summed E-state index contributed by atoms with van der Waals surface area (Å²) in [5.74, 6) is 0.639. The van der Waals surface area contributed by atoms with Crippen molar-refractivity contribution in [1.29, 1.82) is 0 Å². The Bertz CT molecular complexity index is 488. The fourth-order valence-electron chi connectivity index (χ4n) is 1.41. The molecule has 2 rings (SSSR count). The van der Waals surface area contributed by atoms with Crippen molar-refractivity contribution in [3.63, 3.8) is 0 Å². The average Bonchev–Trinajstić information content (AvgIpc) is 2.78. The topological polar surface area (TPSA) is 49.0 Å². The molecule has 1 heterocycles. The number of aromatic nitrogens is 2. The van der Waals surface area contributed by atoms with E-state index in [2.05, 4.69) is 9.97 Å². The van der Waals surface area contributed by atoms with Gasteiger partial charge in [-0.25, -0.2) is 4.98 Å². The summed E-state index contributed by atoms with van der Waals surface area (Å²) in [5, 5.41) is 0. The summed E-state index contributed by atoms with van der Waals surface area (Å²) in [5.41, 5.74) is 1.48. The number of nitrogens with zero attached hydrogens (tertiary/aromatic N) is 2. The third-order valence-corrected chi connectivity index (χ3v) is 2.26. The Labute approximate surface area is 93.9 Å². The first-order chi connectivity index (χ1) is 7.68. The van der Waals surface area contributed by atoms with Crippen LogP contribution in [0, 0.1) is 0 Å². The van der Waals surface area contributed by atoms with E-state index >= 15 is 0 Å². The highest BCUT2D eigenvalue weighted by atomic mass is 16.2. The maximum absolute atomic E-state index is 11.6. The van der Waals surface area contributed by atoms with Crippen LogP contribution in [-0.2, 0) is 0 Å². The fourth-order valence-corrected chi connectivity index (χ4v) is 1.41. The summed E-state index contributed by atoms with van der Waals surface area (Å²) in [6.07, 6.45) is 1.56. The molecule has 16 heavy (non-hydrogen) atoms. The molecule has 0 aliphatic carbocycles. The molecule has 0 aliphatic rings. The van der Waals surface area contributed by atoms with Crippen LogP contribution >= 0.6 is 0 Å². The minimum atomic E-state index is -0.0744. The van der Waals surface area contributed by atoms with Crippen LogP contribution < -0.4 is 0 Å². The summed E-state index contributed by atoms with van der Waals surface area (Å²) in [4.78, 5) is 20.4. The van der Waals surface area contributed by atoms with Crippen molar-refractivity contribution in [2.45, 2.75) is 0 Å². The highest BCUT2D eigenvalue weighted by molar-refractivity contribution is 5.92. The van der Waals surface area contributed by atoms with Gasteiger partial charge in [0.05, 0.1) is 6.20 Å². The lowest BCUT2D eigenvalue weighted by atomic mass is 10.2. The second-order valence-electron chi connectivity index (χ2n) is 3.71. The summed E-state index contributed by atoms with van der Waals surface area (Å²) in [6, 6.07) is 9.71. The van der Waals surface area contributed by atoms with E-state index in [9.17, 15) is 4.79 Å². The number of carbonyl (C=O) groups excluding carboxylic acids is 1. The third kappa shape index (κ3) is 1.95. The molecule has 0 radical (unpaired) electrons.